The summed E-state index contributed by atoms with van der Waals surface area (Å²) < 4.78 is 0. The van der Waals surface area contributed by atoms with Crippen LogP contribution in [0.15, 0.2) is 47.3 Å². The monoisotopic (exact) mass is 753 g/mol. The van der Waals surface area contributed by atoms with Gasteiger partial charge in [-0.3, -0.25) is 0 Å². The predicted octanol–water partition coefficient (Wildman–Crippen LogP) is 4.19. The Labute approximate surface area is 289 Å². The third-order valence-electron chi connectivity index (χ3n) is 6.75. The average Bonchev–Trinajstić information content (AvgIpc) is 3.15. The Morgan fingerprint density at radius 1 is 0.358 bits per heavy atom. The molecule has 0 unspecified atom stereocenters. The Morgan fingerprint density at radius 2 is 0.679 bits per heavy atom. The van der Waals surface area contributed by atoms with Gasteiger partial charge in [-0.2, -0.15) is 0 Å². The van der Waals surface area contributed by atoms with E-state index in [1.165, 1.54) is 27.7 Å². The van der Waals surface area contributed by atoms with Gasteiger partial charge in [0.2, 0.25) is 28.7 Å². The van der Waals surface area contributed by atoms with E-state index in [-0.39, 0.29) is 11.1 Å². The van der Waals surface area contributed by atoms with Gasteiger partial charge in [-0.25, -0.2) is 0 Å². The molecule has 0 fully saturated rings. The van der Waals surface area contributed by atoms with Crippen molar-refractivity contribution in [2.45, 2.75) is 20.7 Å². The summed E-state index contributed by atoms with van der Waals surface area (Å²) in [6.45, 7) is 4.12. The Morgan fingerprint density at radius 3 is 1.13 bits per heavy atom. The van der Waals surface area contributed by atoms with Gasteiger partial charge in [0.25, 0.3) is 0 Å². The zero-order valence-corrected chi connectivity index (χ0v) is 26.2. The number of aromatic hydroxyl groups is 11. The summed E-state index contributed by atoms with van der Waals surface area (Å²) >= 11 is 0. The topological polar surface area (TPSA) is 417 Å². The first-order chi connectivity index (χ1) is 25.3. The van der Waals surface area contributed by atoms with Crippen LogP contribution in [0.1, 0.15) is 11.1 Å². The van der Waals surface area contributed by atoms with E-state index in [1.54, 1.807) is 0 Å². The zero-order valence-electron chi connectivity index (χ0n) is 26.2. The van der Waals surface area contributed by atoms with Crippen molar-refractivity contribution < 1.29 is 101 Å². The Hall–Kier alpha value is -8.34. The van der Waals surface area contributed by atoms with Crippen LogP contribution >= 0.6 is 0 Å². The van der Waals surface area contributed by atoms with Crippen LogP contribution < -0.4 is 4.84 Å². The standard InChI is InChI=1S/C23H20BN9O20/c1-4-5(2)13(35)10-7(12(4)34)6(9-15(37)19(41)22(44)20(42)16(9)38)8-11(17(39)21(43)18(40)14(8)36)23(10)45-26-27-48-49-30-31-52-53-33-32-51-50-29-28-47-46-25-24-3/h34-44H,1-3H3/b27-26+,29-28+,31-30+,33-32+. The molecule has 0 bridgehead atoms. The second kappa shape index (κ2) is 15.9. The first-order valence-electron chi connectivity index (χ1n) is 13.4. The summed E-state index contributed by atoms with van der Waals surface area (Å²) in [5.41, 5.74) is -2.00. The van der Waals surface area contributed by atoms with Crippen molar-refractivity contribution in [3.8, 4) is 80.1 Å². The first kappa shape index (κ1) is 37.5. The number of hydrogen-bond donors (Lipinski definition) is 11. The van der Waals surface area contributed by atoms with Crippen LogP contribution in [-0.2, 0) is 39.9 Å². The molecular formula is C23H20BN9O20. The molecule has 4 aromatic rings. The van der Waals surface area contributed by atoms with Gasteiger partial charge >= 0.3 is 75.3 Å². The van der Waals surface area contributed by atoms with Crippen LogP contribution in [0.2, 0.25) is 6.82 Å². The first-order valence-corrected chi connectivity index (χ1v) is 13.4. The van der Waals surface area contributed by atoms with E-state index < -0.39 is 102 Å². The zero-order chi connectivity index (χ0) is 39.0. The summed E-state index contributed by atoms with van der Waals surface area (Å²) in [6.07, 6.45) is 0. The average molecular weight is 753 g/mol. The van der Waals surface area contributed by atoms with Gasteiger partial charge < -0.3 is 61.0 Å². The molecule has 0 radical (unpaired) electrons. The van der Waals surface area contributed by atoms with E-state index in [4.69, 9.17) is 4.84 Å². The smallest absolute Gasteiger partial charge is 0.507 e. The summed E-state index contributed by atoms with van der Waals surface area (Å²) in [5.74, 6) is -14.8. The van der Waals surface area contributed by atoms with Crippen molar-refractivity contribution >= 4 is 28.6 Å². The molecule has 0 amide bonds. The molecular weight excluding hydrogens is 733 g/mol. The predicted molar refractivity (Wildman–Crippen MR) is 157 cm³/mol. The minimum absolute atomic E-state index is 0.0527. The molecule has 280 valence electrons. The molecule has 4 aromatic carbocycles. The van der Waals surface area contributed by atoms with Gasteiger partial charge in [0.1, 0.15) is 22.1 Å². The maximum absolute atomic E-state index is 11.3. The Kier molecular flexibility index (Phi) is 11.3. The molecule has 0 atom stereocenters. The van der Waals surface area contributed by atoms with Crippen molar-refractivity contribution in [2.24, 2.45) is 47.3 Å². The summed E-state index contributed by atoms with van der Waals surface area (Å²) in [4.78, 5) is 37.2. The Bertz CT molecular complexity index is 2090. The van der Waals surface area contributed by atoms with E-state index in [0.717, 1.165) is 0 Å². The second-order valence-electron chi connectivity index (χ2n) is 9.37. The van der Waals surface area contributed by atoms with Gasteiger partial charge in [-0.05, 0) is 25.0 Å². The fourth-order valence-corrected chi connectivity index (χ4v) is 4.43. The number of nitrogens with zero attached hydrogens (tertiary/aromatic N) is 9. The number of phenolic OH excluding ortho intramolecular Hbond substituents is 11. The molecule has 11 N–H and O–H groups in total. The molecule has 0 saturated heterocycles. The molecule has 0 spiro atoms. The quantitative estimate of drug-likeness (QED) is 0.0118. The van der Waals surface area contributed by atoms with E-state index in [1.807, 2.05) is 0 Å². The van der Waals surface area contributed by atoms with Crippen molar-refractivity contribution in [3.63, 3.8) is 0 Å². The molecule has 0 aliphatic heterocycles. The van der Waals surface area contributed by atoms with Crippen LogP contribution in [0.3, 0.4) is 0 Å². The van der Waals surface area contributed by atoms with Crippen molar-refractivity contribution in [2.75, 3.05) is 0 Å². The molecule has 0 aliphatic carbocycles. The van der Waals surface area contributed by atoms with Gasteiger partial charge in [0.15, 0.2) is 28.7 Å². The molecule has 53 heavy (non-hydrogen) atoms. The van der Waals surface area contributed by atoms with Gasteiger partial charge in [0.05, 0.1) is 21.6 Å². The van der Waals surface area contributed by atoms with Crippen molar-refractivity contribution in [3.05, 3.63) is 11.1 Å². The van der Waals surface area contributed by atoms with Crippen LogP contribution in [0.25, 0.3) is 32.7 Å². The minimum atomic E-state index is -1.42. The molecule has 30 heteroatoms. The maximum atomic E-state index is 11.3. The van der Waals surface area contributed by atoms with E-state index in [2.05, 4.69) is 87.2 Å². The Balaban J connectivity index is 1.68. The molecule has 0 aromatic heterocycles. The minimum Gasteiger partial charge on any atom is -0.507 e. The third kappa shape index (κ3) is 7.05. The number of rotatable bonds is 15. The van der Waals surface area contributed by atoms with Gasteiger partial charge in [-0.15, -0.1) is 9.98 Å². The summed E-state index contributed by atoms with van der Waals surface area (Å²) in [6, 6.07) is 0. The number of benzene rings is 4. The fourth-order valence-electron chi connectivity index (χ4n) is 4.43. The van der Waals surface area contributed by atoms with Crippen molar-refractivity contribution in [1.82, 2.24) is 0 Å². The van der Waals surface area contributed by atoms with Crippen LogP contribution in [0.5, 0.6) is 69.0 Å². The second-order valence-corrected chi connectivity index (χ2v) is 9.37. The number of hydrogen-bond acceptors (Lipinski definition) is 29. The van der Waals surface area contributed by atoms with Crippen LogP contribution in [-0.4, -0.2) is 63.2 Å². The van der Waals surface area contributed by atoms with Crippen LogP contribution in [0.4, 0.5) is 0 Å². The van der Waals surface area contributed by atoms with Crippen molar-refractivity contribution in [1.29, 1.82) is 0 Å². The number of phenols is 11. The molecule has 4 rings (SSSR count). The molecule has 0 saturated carbocycles. The molecule has 0 heterocycles. The summed E-state index contributed by atoms with van der Waals surface area (Å²) in [5, 5.41) is 140. The molecule has 29 nitrogen and oxygen atoms in total. The van der Waals surface area contributed by atoms with Gasteiger partial charge in [0, 0.05) is 16.3 Å². The number of fused-ring (bicyclic) bond motifs is 2. The van der Waals surface area contributed by atoms with Gasteiger partial charge in [-0.1, -0.05) is 0 Å². The normalized spacial score (nSPS) is 11.6. The fraction of sp³-hybridized carbons (Fsp3) is 0.130. The third-order valence-corrected chi connectivity index (χ3v) is 6.75. The van der Waals surface area contributed by atoms with E-state index in [0.29, 0.717) is 0 Å². The van der Waals surface area contributed by atoms with Crippen LogP contribution in [0, 0.1) is 13.8 Å². The van der Waals surface area contributed by atoms with E-state index >= 15 is 0 Å². The molecule has 0 aliphatic rings. The van der Waals surface area contributed by atoms with E-state index in [9.17, 15) is 56.2 Å². The summed E-state index contributed by atoms with van der Waals surface area (Å²) in [7, 11) is 1.23. The SMILES string of the molecule is C/B=N/OO/N=N/OO/N=N/OO/N=N/OO/N=N/Oc1c2c(O)c(C)c(C)c(O)c2c(-c2c(O)c(O)c(O)c(O)c2O)c2c(O)c(O)c(O)c(O)c12.